The van der Waals surface area contributed by atoms with E-state index in [1.807, 2.05) is 0 Å². The molecule has 0 amide bonds. The minimum Gasteiger partial charge on any atom is -0.358 e. The summed E-state index contributed by atoms with van der Waals surface area (Å²) < 4.78 is 37.7. The van der Waals surface area contributed by atoms with Gasteiger partial charge in [0.05, 0.1) is 10.7 Å². The average Bonchev–Trinajstić information content (AvgIpc) is 2.44. The van der Waals surface area contributed by atoms with Crippen molar-refractivity contribution in [2.45, 2.75) is 6.18 Å². The highest BCUT2D eigenvalue weighted by Gasteiger charge is 2.31. The molecule has 0 aliphatic heterocycles. The van der Waals surface area contributed by atoms with Crippen molar-refractivity contribution in [2.24, 2.45) is 0 Å². The number of aromatic nitrogens is 3. The summed E-state index contributed by atoms with van der Waals surface area (Å²) >= 11 is 11.1. The number of nitro groups is 1. The molecule has 2 aromatic heterocycles. The van der Waals surface area contributed by atoms with Gasteiger partial charge >= 0.3 is 17.6 Å². The lowest BCUT2D eigenvalue weighted by molar-refractivity contribution is -0.390. The van der Waals surface area contributed by atoms with Crippen molar-refractivity contribution in [3.05, 3.63) is 54.4 Å². The Bertz CT molecular complexity index is 805. The second-order valence-corrected chi connectivity index (χ2v) is 4.58. The van der Waals surface area contributed by atoms with Gasteiger partial charge in [0.2, 0.25) is 0 Å². The van der Waals surface area contributed by atoms with Gasteiger partial charge in [0.25, 0.3) is 0 Å². The SMILES string of the molecule is O=c1c(Cl)c(Cl)c([N+](=O)[O-])nn1-c1ccc(C(F)(F)F)cn1. The molecule has 2 rings (SSSR count). The monoisotopic (exact) mass is 354 g/mol. The molecule has 0 saturated carbocycles. The van der Waals surface area contributed by atoms with Crippen LogP contribution in [0.15, 0.2) is 23.1 Å². The molecule has 12 heteroatoms. The number of rotatable bonds is 2. The number of nitrogens with zero attached hydrogens (tertiary/aromatic N) is 4. The van der Waals surface area contributed by atoms with Gasteiger partial charge in [-0.3, -0.25) is 4.79 Å². The van der Waals surface area contributed by atoms with Gasteiger partial charge in [0, 0.05) is 6.20 Å². The molecular weight excluding hydrogens is 352 g/mol. The largest absolute Gasteiger partial charge is 0.417 e. The van der Waals surface area contributed by atoms with Crippen LogP contribution in [0, 0.1) is 10.1 Å². The van der Waals surface area contributed by atoms with E-state index in [9.17, 15) is 28.1 Å². The van der Waals surface area contributed by atoms with Crippen LogP contribution in [0.2, 0.25) is 10.0 Å². The number of pyridine rings is 1. The van der Waals surface area contributed by atoms with Crippen LogP contribution in [0.3, 0.4) is 0 Å². The second kappa shape index (κ2) is 5.54. The van der Waals surface area contributed by atoms with Crippen LogP contribution in [-0.2, 0) is 6.18 Å². The Morgan fingerprint density at radius 1 is 1.23 bits per heavy atom. The summed E-state index contributed by atoms with van der Waals surface area (Å²) in [5, 5.41) is 12.8. The van der Waals surface area contributed by atoms with Crippen molar-refractivity contribution in [1.82, 2.24) is 14.8 Å². The average molecular weight is 355 g/mol. The van der Waals surface area contributed by atoms with Crippen LogP contribution in [-0.4, -0.2) is 19.7 Å². The highest BCUT2D eigenvalue weighted by molar-refractivity contribution is 6.43. The number of halogens is 5. The van der Waals surface area contributed by atoms with Crippen LogP contribution >= 0.6 is 23.2 Å². The quantitative estimate of drug-likeness (QED) is 0.610. The van der Waals surface area contributed by atoms with E-state index >= 15 is 0 Å². The van der Waals surface area contributed by atoms with Gasteiger partial charge in [-0.05, 0) is 17.1 Å². The minimum absolute atomic E-state index is 0.375. The normalized spacial score (nSPS) is 11.5. The molecule has 0 saturated heterocycles. The highest BCUT2D eigenvalue weighted by Crippen LogP contribution is 2.29. The van der Waals surface area contributed by atoms with E-state index < -0.39 is 38.1 Å². The van der Waals surface area contributed by atoms with Gasteiger partial charge in [0.15, 0.2) is 10.8 Å². The summed E-state index contributed by atoms with van der Waals surface area (Å²) in [7, 11) is 0. The summed E-state index contributed by atoms with van der Waals surface area (Å²) in [6.45, 7) is 0. The summed E-state index contributed by atoms with van der Waals surface area (Å²) in [6.07, 6.45) is -4.16. The molecule has 0 aromatic carbocycles. The Morgan fingerprint density at radius 2 is 1.86 bits per heavy atom. The molecule has 0 atom stereocenters. The summed E-state index contributed by atoms with van der Waals surface area (Å²) in [4.78, 5) is 25.0. The Kier molecular flexibility index (Phi) is 4.07. The summed E-state index contributed by atoms with van der Waals surface area (Å²) in [6, 6.07) is 1.47. The van der Waals surface area contributed by atoms with Gasteiger partial charge in [0.1, 0.15) is 5.02 Å². The van der Waals surface area contributed by atoms with E-state index in [2.05, 4.69) is 10.1 Å². The Morgan fingerprint density at radius 3 is 2.32 bits per heavy atom. The van der Waals surface area contributed by atoms with Crippen molar-refractivity contribution in [1.29, 1.82) is 0 Å². The van der Waals surface area contributed by atoms with Crippen molar-refractivity contribution in [3.8, 4) is 5.82 Å². The first-order chi connectivity index (χ1) is 10.1. The Hall–Kier alpha value is -2.20. The molecule has 0 aliphatic carbocycles. The maximum absolute atomic E-state index is 12.4. The summed E-state index contributed by atoms with van der Waals surface area (Å²) in [5.41, 5.74) is -2.11. The van der Waals surface area contributed by atoms with Crippen molar-refractivity contribution < 1.29 is 18.1 Å². The predicted molar refractivity (Wildman–Crippen MR) is 69.3 cm³/mol. The Labute approximate surface area is 129 Å². The zero-order valence-corrected chi connectivity index (χ0v) is 11.6. The molecule has 0 unspecified atom stereocenters. The molecular formula is C10H3Cl2F3N4O3. The highest BCUT2D eigenvalue weighted by atomic mass is 35.5. The lowest BCUT2D eigenvalue weighted by Gasteiger charge is -2.06. The fourth-order valence-corrected chi connectivity index (χ4v) is 1.77. The van der Waals surface area contributed by atoms with Gasteiger partial charge < -0.3 is 10.1 Å². The Balaban J connectivity index is 2.63. The van der Waals surface area contributed by atoms with E-state index in [1.54, 1.807) is 0 Å². The molecule has 0 spiro atoms. The van der Waals surface area contributed by atoms with Gasteiger partial charge in [-0.2, -0.15) is 13.2 Å². The molecule has 0 radical (unpaired) electrons. The zero-order valence-electron chi connectivity index (χ0n) is 10.1. The van der Waals surface area contributed by atoms with E-state index in [1.165, 1.54) is 0 Å². The minimum atomic E-state index is -4.62. The number of hydrogen-bond acceptors (Lipinski definition) is 5. The first-order valence-corrected chi connectivity index (χ1v) is 6.05. The molecule has 0 N–H and O–H groups in total. The molecule has 2 aromatic rings. The smallest absolute Gasteiger partial charge is 0.358 e. The number of hydrogen-bond donors (Lipinski definition) is 0. The van der Waals surface area contributed by atoms with Crippen LogP contribution in [0.1, 0.15) is 5.56 Å². The molecule has 0 aliphatic rings. The van der Waals surface area contributed by atoms with Gasteiger partial charge in [-0.25, -0.2) is 4.98 Å². The molecule has 7 nitrogen and oxygen atoms in total. The van der Waals surface area contributed by atoms with E-state index in [0.717, 1.165) is 6.07 Å². The molecule has 0 fully saturated rings. The zero-order chi connectivity index (χ0) is 16.7. The van der Waals surface area contributed by atoms with Crippen molar-refractivity contribution in [3.63, 3.8) is 0 Å². The third-order valence-corrected chi connectivity index (χ3v) is 3.23. The van der Waals surface area contributed by atoms with Crippen LogP contribution in [0.5, 0.6) is 0 Å². The first-order valence-electron chi connectivity index (χ1n) is 5.29. The molecule has 116 valence electrons. The fraction of sp³-hybridized carbons (Fsp3) is 0.100. The fourth-order valence-electron chi connectivity index (χ4n) is 1.42. The van der Waals surface area contributed by atoms with Gasteiger partial charge in [-0.1, -0.05) is 27.9 Å². The maximum atomic E-state index is 12.4. The number of alkyl halides is 3. The van der Waals surface area contributed by atoms with Crippen LogP contribution in [0.25, 0.3) is 5.82 Å². The summed E-state index contributed by atoms with van der Waals surface area (Å²) in [5.74, 6) is -1.30. The third-order valence-electron chi connectivity index (χ3n) is 2.43. The van der Waals surface area contributed by atoms with Crippen molar-refractivity contribution >= 4 is 29.0 Å². The lowest BCUT2D eigenvalue weighted by atomic mass is 10.3. The molecule has 0 bridgehead atoms. The maximum Gasteiger partial charge on any atom is 0.417 e. The lowest BCUT2D eigenvalue weighted by Crippen LogP contribution is -2.24. The second-order valence-electron chi connectivity index (χ2n) is 3.83. The van der Waals surface area contributed by atoms with E-state index in [0.29, 0.717) is 16.9 Å². The predicted octanol–water partition coefficient (Wildman–Crippen LogP) is 2.86. The standard InChI is InChI=1S/C10H3Cl2F3N4O3/c11-6-7(12)9(20)18(17-8(6)19(21)22)5-2-1-4(3-16-5)10(13,14)15/h1-3H. The topological polar surface area (TPSA) is 90.9 Å². The van der Waals surface area contributed by atoms with Crippen LogP contribution in [0.4, 0.5) is 19.0 Å². The van der Waals surface area contributed by atoms with Crippen molar-refractivity contribution in [2.75, 3.05) is 0 Å². The third kappa shape index (κ3) is 2.88. The molecule has 2 heterocycles. The van der Waals surface area contributed by atoms with Gasteiger partial charge in [-0.15, -0.1) is 0 Å². The molecule has 22 heavy (non-hydrogen) atoms. The van der Waals surface area contributed by atoms with E-state index in [-0.39, 0.29) is 5.82 Å². The van der Waals surface area contributed by atoms with E-state index in [4.69, 9.17) is 23.2 Å². The first kappa shape index (κ1) is 16.2. The van der Waals surface area contributed by atoms with Crippen LogP contribution < -0.4 is 5.56 Å².